The minimum Gasteiger partial charge on any atom is -0.495 e. The van der Waals surface area contributed by atoms with Crippen LogP contribution in [-0.4, -0.2) is 34.0 Å². The van der Waals surface area contributed by atoms with Crippen molar-refractivity contribution in [3.63, 3.8) is 0 Å². The van der Waals surface area contributed by atoms with Gasteiger partial charge in [-0.1, -0.05) is 18.5 Å². The number of nitrogens with one attached hydrogen (secondary N) is 2. The Morgan fingerprint density at radius 1 is 1.43 bits per heavy atom. The minimum atomic E-state index is -3.92. The van der Waals surface area contributed by atoms with Crippen molar-refractivity contribution in [1.29, 1.82) is 0 Å². The van der Waals surface area contributed by atoms with E-state index in [1.165, 1.54) is 32.2 Å². The monoisotopic (exact) mass is 334 g/mol. The second-order valence-corrected chi connectivity index (χ2v) is 6.55. The molecule has 0 spiro atoms. The highest BCUT2D eigenvalue weighted by atomic mass is 35.5. The number of carbonyl (C=O) groups is 1. The Morgan fingerprint density at radius 3 is 2.67 bits per heavy atom. The van der Waals surface area contributed by atoms with Crippen LogP contribution in [0.1, 0.15) is 20.3 Å². The van der Waals surface area contributed by atoms with Gasteiger partial charge in [-0.2, -0.15) is 4.72 Å². The van der Waals surface area contributed by atoms with Gasteiger partial charge in [0.1, 0.15) is 10.6 Å². The molecule has 0 heterocycles. The molecule has 1 aromatic carbocycles. The summed E-state index contributed by atoms with van der Waals surface area (Å²) in [7, 11) is -2.55. The first-order valence-electron chi connectivity index (χ1n) is 6.45. The number of rotatable bonds is 7. The number of ether oxygens (including phenoxy) is 1. The number of halogens is 1. The maximum Gasteiger partial charge on any atom is 0.245 e. The van der Waals surface area contributed by atoms with Crippen molar-refractivity contribution in [3.8, 4) is 5.75 Å². The van der Waals surface area contributed by atoms with Crippen molar-refractivity contribution in [2.45, 2.75) is 31.2 Å². The lowest BCUT2D eigenvalue weighted by molar-refractivity contribution is -0.122. The fourth-order valence-electron chi connectivity index (χ4n) is 1.61. The fraction of sp³-hybridized carbons (Fsp3) is 0.462. The van der Waals surface area contributed by atoms with Gasteiger partial charge in [0.25, 0.3) is 0 Å². The number of amides is 1. The van der Waals surface area contributed by atoms with Gasteiger partial charge in [0.05, 0.1) is 13.2 Å². The van der Waals surface area contributed by atoms with Gasteiger partial charge in [-0.3, -0.25) is 4.79 Å². The van der Waals surface area contributed by atoms with Gasteiger partial charge in [-0.05, 0) is 31.5 Å². The van der Waals surface area contributed by atoms with Crippen molar-refractivity contribution < 1.29 is 17.9 Å². The van der Waals surface area contributed by atoms with E-state index in [0.717, 1.165) is 6.42 Å². The van der Waals surface area contributed by atoms with Crippen molar-refractivity contribution in [1.82, 2.24) is 10.0 Å². The quantitative estimate of drug-likeness (QED) is 0.792. The Labute approximate surface area is 129 Å². The molecule has 6 nitrogen and oxygen atoms in total. The maximum absolute atomic E-state index is 12.3. The summed E-state index contributed by atoms with van der Waals surface area (Å²) in [4.78, 5) is 11.6. The van der Waals surface area contributed by atoms with Gasteiger partial charge in [0, 0.05) is 11.6 Å². The second kappa shape index (κ2) is 7.63. The van der Waals surface area contributed by atoms with Gasteiger partial charge in [0.2, 0.25) is 15.9 Å². The third-order valence-corrected chi connectivity index (χ3v) is 4.49. The molecule has 0 saturated carbocycles. The molecule has 0 aliphatic heterocycles. The van der Waals surface area contributed by atoms with E-state index in [1.807, 2.05) is 6.92 Å². The van der Waals surface area contributed by atoms with Crippen LogP contribution in [0.25, 0.3) is 0 Å². The summed E-state index contributed by atoms with van der Waals surface area (Å²) in [5.74, 6) is -0.227. The molecule has 0 aromatic heterocycles. The van der Waals surface area contributed by atoms with Crippen LogP contribution in [0.2, 0.25) is 5.02 Å². The summed E-state index contributed by atoms with van der Waals surface area (Å²) >= 11 is 5.82. The Balaban J connectivity index is 2.96. The molecule has 0 unspecified atom stereocenters. The Kier molecular flexibility index (Phi) is 6.44. The molecule has 0 aliphatic carbocycles. The number of hydrogen-bond acceptors (Lipinski definition) is 4. The number of benzene rings is 1. The highest BCUT2D eigenvalue weighted by Gasteiger charge is 2.25. The number of sulfonamides is 1. The van der Waals surface area contributed by atoms with Crippen LogP contribution in [-0.2, 0) is 14.8 Å². The fourth-order valence-corrected chi connectivity index (χ4v) is 3.25. The first kappa shape index (κ1) is 17.7. The molecular weight excluding hydrogens is 316 g/mol. The normalized spacial score (nSPS) is 12.8. The van der Waals surface area contributed by atoms with E-state index in [4.69, 9.17) is 16.3 Å². The average Bonchev–Trinajstić information content (AvgIpc) is 2.44. The Hall–Kier alpha value is -1.31. The average molecular weight is 335 g/mol. The Bertz CT molecular complexity index is 604. The third-order valence-electron chi connectivity index (χ3n) is 2.69. The zero-order chi connectivity index (χ0) is 16.0. The predicted octanol–water partition coefficient (Wildman–Crippen LogP) is 1.54. The maximum atomic E-state index is 12.3. The van der Waals surface area contributed by atoms with Gasteiger partial charge in [0.15, 0.2) is 0 Å². The lowest BCUT2D eigenvalue weighted by atomic mass is 10.3. The predicted molar refractivity (Wildman–Crippen MR) is 81.1 cm³/mol. The summed E-state index contributed by atoms with van der Waals surface area (Å²) in [6.45, 7) is 3.87. The van der Waals surface area contributed by atoms with Gasteiger partial charge >= 0.3 is 0 Å². The number of hydrogen-bond donors (Lipinski definition) is 2. The van der Waals surface area contributed by atoms with Gasteiger partial charge in [-0.25, -0.2) is 8.42 Å². The molecule has 1 rings (SSSR count). The second-order valence-electron chi connectivity index (χ2n) is 4.43. The number of carbonyl (C=O) groups excluding carboxylic acids is 1. The standard InChI is InChI=1S/C13H19ClN2O4S/c1-4-7-15-13(17)9(2)16-21(18,19)12-8-10(14)5-6-11(12)20-3/h5-6,8-9,16H,4,7H2,1-3H3,(H,15,17)/t9-/m1/s1. The third kappa shape index (κ3) is 4.87. The molecule has 0 fully saturated rings. The van der Waals surface area contributed by atoms with Crippen LogP contribution >= 0.6 is 11.6 Å². The lowest BCUT2D eigenvalue weighted by Crippen LogP contribution is -2.44. The molecule has 21 heavy (non-hydrogen) atoms. The molecule has 118 valence electrons. The van der Waals surface area contributed by atoms with E-state index in [-0.39, 0.29) is 21.6 Å². The number of methoxy groups -OCH3 is 1. The highest BCUT2D eigenvalue weighted by molar-refractivity contribution is 7.89. The molecule has 1 amide bonds. The molecular formula is C13H19ClN2O4S. The zero-order valence-corrected chi connectivity index (χ0v) is 13.7. The van der Waals surface area contributed by atoms with E-state index in [2.05, 4.69) is 10.0 Å². The van der Waals surface area contributed by atoms with E-state index < -0.39 is 16.1 Å². The van der Waals surface area contributed by atoms with E-state index >= 15 is 0 Å². The molecule has 0 bridgehead atoms. The molecule has 0 aliphatic rings. The summed E-state index contributed by atoms with van der Waals surface area (Å²) in [5, 5.41) is 2.89. The first-order valence-corrected chi connectivity index (χ1v) is 8.31. The summed E-state index contributed by atoms with van der Waals surface area (Å²) in [6, 6.07) is 3.36. The molecule has 2 N–H and O–H groups in total. The van der Waals surface area contributed by atoms with Crippen molar-refractivity contribution in [3.05, 3.63) is 23.2 Å². The van der Waals surface area contributed by atoms with Gasteiger partial charge in [-0.15, -0.1) is 0 Å². The largest absolute Gasteiger partial charge is 0.495 e. The van der Waals surface area contributed by atoms with Crippen molar-refractivity contribution >= 4 is 27.5 Å². The van der Waals surface area contributed by atoms with Crippen LogP contribution in [0.15, 0.2) is 23.1 Å². The molecule has 8 heteroatoms. The topological polar surface area (TPSA) is 84.5 Å². The van der Waals surface area contributed by atoms with E-state index in [1.54, 1.807) is 0 Å². The molecule has 0 saturated heterocycles. The minimum absolute atomic E-state index is 0.104. The first-order chi connectivity index (χ1) is 9.81. The molecule has 0 radical (unpaired) electrons. The van der Waals surface area contributed by atoms with Crippen LogP contribution in [0.5, 0.6) is 5.75 Å². The van der Waals surface area contributed by atoms with Crippen molar-refractivity contribution in [2.75, 3.05) is 13.7 Å². The van der Waals surface area contributed by atoms with Crippen LogP contribution in [0.3, 0.4) is 0 Å². The Morgan fingerprint density at radius 2 is 2.10 bits per heavy atom. The lowest BCUT2D eigenvalue weighted by Gasteiger charge is -2.16. The van der Waals surface area contributed by atoms with E-state index in [0.29, 0.717) is 6.54 Å². The smallest absolute Gasteiger partial charge is 0.245 e. The van der Waals surface area contributed by atoms with E-state index in [9.17, 15) is 13.2 Å². The molecule has 1 atom stereocenters. The van der Waals surface area contributed by atoms with Gasteiger partial charge < -0.3 is 10.1 Å². The van der Waals surface area contributed by atoms with Crippen LogP contribution < -0.4 is 14.8 Å². The summed E-state index contributed by atoms with van der Waals surface area (Å²) < 4.78 is 32.0. The zero-order valence-electron chi connectivity index (χ0n) is 12.1. The SMILES string of the molecule is CCCNC(=O)[C@@H](C)NS(=O)(=O)c1cc(Cl)ccc1OC. The summed E-state index contributed by atoms with van der Waals surface area (Å²) in [6.07, 6.45) is 0.771. The van der Waals surface area contributed by atoms with Crippen LogP contribution in [0.4, 0.5) is 0 Å². The molecule has 1 aromatic rings. The van der Waals surface area contributed by atoms with Crippen LogP contribution in [0, 0.1) is 0 Å². The van der Waals surface area contributed by atoms with Crippen molar-refractivity contribution in [2.24, 2.45) is 0 Å². The summed E-state index contributed by atoms with van der Waals surface area (Å²) in [5.41, 5.74) is 0. The highest BCUT2D eigenvalue weighted by Crippen LogP contribution is 2.26.